The van der Waals surface area contributed by atoms with Gasteiger partial charge in [-0.25, -0.2) is 0 Å². The predicted octanol–water partition coefficient (Wildman–Crippen LogP) is 3.69. The number of hydrogen-bond donors (Lipinski definition) is 0. The molecule has 0 saturated carbocycles. The third kappa shape index (κ3) is 4.24. The van der Waals surface area contributed by atoms with Gasteiger partial charge in [0, 0.05) is 13.2 Å². The molecule has 2 nitrogen and oxygen atoms in total. The summed E-state index contributed by atoms with van der Waals surface area (Å²) in [6.07, 6.45) is 2.14. The summed E-state index contributed by atoms with van der Waals surface area (Å²) < 4.78 is 11.1. The molecule has 0 amide bonds. The molecule has 4 heteroatoms. The van der Waals surface area contributed by atoms with Gasteiger partial charge in [0.1, 0.15) is 5.75 Å². The highest BCUT2D eigenvalue weighted by molar-refractivity contribution is 7.13. The van der Waals surface area contributed by atoms with E-state index >= 15 is 0 Å². The van der Waals surface area contributed by atoms with E-state index in [2.05, 4.69) is 6.92 Å². The molecule has 1 rings (SSSR count). The van der Waals surface area contributed by atoms with Crippen LogP contribution in [0.2, 0.25) is 6.04 Å². The maximum absolute atomic E-state index is 6.33. The molecule has 1 aromatic carbocycles. The van der Waals surface area contributed by atoms with Crippen LogP contribution in [0.25, 0.3) is 0 Å². The molecule has 0 heterocycles. The summed E-state index contributed by atoms with van der Waals surface area (Å²) in [6, 6.07) is 10.4. The van der Waals surface area contributed by atoms with Crippen LogP contribution in [0, 0.1) is 0 Å². The first-order valence-electron chi connectivity index (χ1n) is 5.18. The highest BCUT2D eigenvalue weighted by Crippen LogP contribution is 2.24. The molecule has 0 radical (unpaired) electrons. The summed E-state index contributed by atoms with van der Waals surface area (Å²) >= 11 is 6.33. The number of para-hydroxylation sites is 1. The van der Waals surface area contributed by atoms with Gasteiger partial charge >= 0.3 is 7.87 Å². The average Bonchev–Trinajstić information content (AvgIpc) is 2.28. The average molecular weight is 245 g/mol. The first-order valence-corrected chi connectivity index (χ1v) is 8.22. The Morgan fingerprint density at radius 3 is 2.47 bits per heavy atom. The van der Waals surface area contributed by atoms with Crippen molar-refractivity contribution in [1.82, 2.24) is 0 Å². The van der Waals surface area contributed by atoms with Gasteiger partial charge in [-0.1, -0.05) is 42.6 Å². The Morgan fingerprint density at radius 1 is 1.27 bits per heavy atom. The van der Waals surface area contributed by atoms with Crippen LogP contribution in [0.3, 0.4) is 0 Å². The second-order valence-electron chi connectivity index (χ2n) is 3.38. The fraction of sp³-hybridized carbons (Fsp3) is 0.455. The lowest BCUT2D eigenvalue weighted by Crippen LogP contribution is -2.38. The van der Waals surface area contributed by atoms with Gasteiger partial charge < -0.3 is 8.85 Å². The van der Waals surface area contributed by atoms with E-state index in [0.717, 1.165) is 24.6 Å². The number of hydrogen-bond acceptors (Lipinski definition) is 2. The zero-order valence-corrected chi connectivity index (χ0v) is 11.0. The van der Waals surface area contributed by atoms with Crippen molar-refractivity contribution in [3.05, 3.63) is 30.3 Å². The van der Waals surface area contributed by atoms with Crippen molar-refractivity contribution >= 4 is 18.9 Å². The molecule has 0 saturated heterocycles. The van der Waals surface area contributed by atoms with Crippen LogP contribution in [0.5, 0.6) is 5.75 Å². The monoisotopic (exact) mass is 244 g/mol. The Bertz CT molecular complexity index is 281. The molecular formula is C11H17ClO2Si. The highest BCUT2D eigenvalue weighted by atomic mass is 35.6. The first kappa shape index (κ1) is 12.6. The summed E-state index contributed by atoms with van der Waals surface area (Å²) in [5.74, 6) is 0.789. The normalized spacial score (nSPS) is 14.6. The zero-order chi connectivity index (χ0) is 11.1. The summed E-state index contributed by atoms with van der Waals surface area (Å²) in [5.41, 5.74) is 0. The van der Waals surface area contributed by atoms with Gasteiger partial charge in [0.2, 0.25) is 0 Å². The molecular weight excluding hydrogens is 228 g/mol. The predicted molar refractivity (Wildman–Crippen MR) is 65.4 cm³/mol. The van der Waals surface area contributed by atoms with E-state index < -0.39 is 7.87 Å². The molecule has 15 heavy (non-hydrogen) atoms. The van der Waals surface area contributed by atoms with E-state index in [1.165, 1.54) is 0 Å². The van der Waals surface area contributed by atoms with Crippen molar-refractivity contribution in [2.24, 2.45) is 0 Å². The van der Waals surface area contributed by atoms with E-state index in [9.17, 15) is 0 Å². The largest absolute Gasteiger partial charge is 0.510 e. The molecule has 0 N–H and O–H groups in total. The van der Waals surface area contributed by atoms with E-state index in [1.807, 2.05) is 30.3 Å². The molecule has 0 fully saturated rings. The van der Waals surface area contributed by atoms with E-state index in [-0.39, 0.29) is 0 Å². The third-order valence-corrected chi connectivity index (χ3v) is 5.51. The second-order valence-corrected chi connectivity index (χ2v) is 7.54. The van der Waals surface area contributed by atoms with Gasteiger partial charge in [-0.15, -0.1) is 0 Å². The van der Waals surface area contributed by atoms with Crippen LogP contribution in [0.15, 0.2) is 30.3 Å². The van der Waals surface area contributed by atoms with Gasteiger partial charge in [-0.2, -0.15) is 0 Å². The lowest BCUT2D eigenvalue weighted by Gasteiger charge is -2.22. The number of unbranched alkanes of at least 4 members (excludes halogenated alkanes) is 1. The topological polar surface area (TPSA) is 18.5 Å². The molecule has 0 aliphatic rings. The fourth-order valence-corrected chi connectivity index (χ4v) is 3.57. The van der Waals surface area contributed by atoms with Crippen LogP contribution in [0.4, 0.5) is 0 Å². The van der Waals surface area contributed by atoms with Crippen LogP contribution in [-0.4, -0.2) is 15.0 Å². The Labute approximate surface area is 97.1 Å². The third-order valence-electron chi connectivity index (χ3n) is 2.15. The number of halogens is 1. The van der Waals surface area contributed by atoms with Crippen LogP contribution in [-0.2, 0) is 4.43 Å². The number of benzene rings is 1. The molecule has 0 aliphatic heterocycles. The van der Waals surface area contributed by atoms with Gasteiger partial charge in [-0.05, 0) is 18.6 Å². The summed E-state index contributed by atoms with van der Waals surface area (Å²) in [6.45, 7) is 2.13. The first-order chi connectivity index (χ1) is 7.20. The van der Waals surface area contributed by atoms with Crippen molar-refractivity contribution in [3.8, 4) is 5.75 Å². The zero-order valence-electron chi connectivity index (χ0n) is 9.20. The molecule has 84 valence electrons. The molecule has 1 aromatic rings. The molecule has 1 unspecified atom stereocenters. The van der Waals surface area contributed by atoms with Crippen LogP contribution >= 0.6 is 11.1 Å². The lowest BCUT2D eigenvalue weighted by atomic mass is 10.3. The minimum absolute atomic E-state index is 0.789. The summed E-state index contributed by atoms with van der Waals surface area (Å²) in [7, 11) is -0.890. The minimum atomic E-state index is -2.51. The van der Waals surface area contributed by atoms with E-state index in [1.54, 1.807) is 7.11 Å². The lowest BCUT2D eigenvalue weighted by molar-refractivity contribution is 0.320. The second kappa shape index (κ2) is 6.15. The van der Waals surface area contributed by atoms with Crippen molar-refractivity contribution in [2.75, 3.05) is 7.11 Å². The smallest absolute Gasteiger partial charge is 0.505 e. The summed E-state index contributed by atoms with van der Waals surface area (Å²) in [5, 5.41) is 0. The maximum Gasteiger partial charge on any atom is 0.505 e. The Hall–Kier alpha value is -0.513. The van der Waals surface area contributed by atoms with Gasteiger partial charge in [0.15, 0.2) is 0 Å². The Kier molecular flexibility index (Phi) is 5.15. The molecule has 0 bridgehead atoms. The SMILES string of the molecule is CCCC[Si](Cl)(OC)Oc1ccccc1. The number of rotatable bonds is 6. The van der Waals surface area contributed by atoms with Gasteiger partial charge in [-0.3, -0.25) is 0 Å². The quantitative estimate of drug-likeness (QED) is 0.561. The van der Waals surface area contributed by atoms with Gasteiger partial charge in [0.05, 0.1) is 0 Å². The van der Waals surface area contributed by atoms with E-state index in [4.69, 9.17) is 19.9 Å². The van der Waals surface area contributed by atoms with Gasteiger partial charge in [0.25, 0.3) is 0 Å². The Balaban J connectivity index is 2.59. The van der Waals surface area contributed by atoms with Crippen molar-refractivity contribution < 1.29 is 8.85 Å². The van der Waals surface area contributed by atoms with Crippen LogP contribution in [0.1, 0.15) is 19.8 Å². The van der Waals surface area contributed by atoms with Crippen molar-refractivity contribution in [1.29, 1.82) is 0 Å². The van der Waals surface area contributed by atoms with Crippen molar-refractivity contribution in [2.45, 2.75) is 25.8 Å². The van der Waals surface area contributed by atoms with Crippen LogP contribution < -0.4 is 4.43 Å². The van der Waals surface area contributed by atoms with Crippen molar-refractivity contribution in [3.63, 3.8) is 0 Å². The fourth-order valence-electron chi connectivity index (χ4n) is 1.25. The molecule has 1 atom stereocenters. The molecule has 0 spiro atoms. The minimum Gasteiger partial charge on any atom is -0.510 e. The molecule has 0 aliphatic carbocycles. The highest BCUT2D eigenvalue weighted by Gasteiger charge is 2.36. The maximum atomic E-state index is 6.33. The standard InChI is InChI=1S/C11H17ClO2Si/c1-3-4-10-15(12,13-2)14-11-8-6-5-7-9-11/h5-9H,3-4,10H2,1-2H3. The summed E-state index contributed by atoms with van der Waals surface area (Å²) in [4.78, 5) is 0. The Morgan fingerprint density at radius 2 is 1.93 bits per heavy atom. The van der Waals surface area contributed by atoms with E-state index in [0.29, 0.717) is 0 Å². The molecule has 0 aromatic heterocycles.